The van der Waals surface area contributed by atoms with Crippen LogP contribution in [0.2, 0.25) is 0 Å². The molecule has 2 aliphatic carbocycles. The fraction of sp³-hybridized carbons (Fsp3) is 0.556. The number of ether oxygens (including phenoxy) is 2. The van der Waals surface area contributed by atoms with Crippen molar-refractivity contribution in [3.05, 3.63) is 47.1 Å². The number of hydrogen-bond acceptors (Lipinski definition) is 2. The summed E-state index contributed by atoms with van der Waals surface area (Å²) in [6, 6.07) is 0. The third kappa shape index (κ3) is 2.97. The van der Waals surface area contributed by atoms with Gasteiger partial charge in [-0.2, -0.15) is 0 Å². The Bertz CT molecular complexity index is 454. The number of unbranched alkanes of at least 4 members (excludes halogenated alkanes) is 1. The Balaban J connectivity index is 2.20. The number of allylic oxidation sites excluding steroid dienone is 6. The average Bonchev–Trinajstić information content (AvgIpc) is 3.14. The van der Waals surface area contributed by atoms with Crippen molar-refractivity contribution in [2.24, 2.45) is 0 Å². The Morgan fingerprint density at radius 3 is 2.65 bits per heavy atom. The van der Waals surface area contributed by atoms with Crippen molar-refractivity contribution < 1.29 is 9.47 Å². The van der Waals surface area contributed by atoms with E-state index in [9.17, 15) is 0 Å². The fourth-order valence-electron chi connectivity index (χ4n) is 3.08. The van der Waals surface area contributed by atoms with Crippen molar-refractivity contribution in [3.8, 4) is 0 Å². The van der Waals surface area contributed by atoms with E-state index in [0.717, 1.165) is 12.8 Å². The highest BCUT2D eigenvalue weighted by molar-refractivity contribution is 5.46. The lowest BCUT2D eigenvalue weighted by atomic mass is 9.84. The topological polar surface area (TPSA) is 18.5 Å². The fourth-order valence-corrected chi connectivity index (χ4v) is 3.08. The minimum atomic E-state index is -0.386. The number of rotatable bonds is 8. The number of methoxy groups -OCH3 is 2. The second kappa shape index (κ2) is 7.05. The maximum absolute atomic E-state index is 5.96. The van der Waals surface area contributed by atoms with Crippen molar-refractivity contribution in [2.45, 2.75) is 44.6 Å². The van der Waals surface area contributed by atoms with Crippen molar-refractivity contribution in [1.82, 2.24) is 0 Å². The first-order chi connectivity index (χ1) is 9.76. The first-order valence-electron chi connectivity index (χ1n) is 7.57. The molecule has 0 bridgehead atoms. The molecular weight excluding hydrogens is 248 g/mol. The van der Waals surface area contributed by atoms with Gasteiger partial charge in [-0.25, -0.2) is 0 Å². The molecule has 2 aliphatic rings. The van der Waals surface area contributed by atoms with Crippen LogP contribution in [0.4, 0.5) is 0 Å². The van der Waals surface area contributed by atoms with E-state index in [2.05, 4.69) is 37.3 Å². The van der Waals surface area contributed by atoms with E-state index in [1.54, 1.807) is 14.2 Å². The molecule has 1 unspecified atom stereocenters. The van der Waals surface area contributed by atoms with E-state index >= 15 is 0 Å². The van der Waals surface area contributed by atoms with Crippen molar-refractivity contribution in [2.75, 3.05) is 20.8 Å². The predicted octanol–water partition coefficient (Wildman–Crippen LogP) is 4.35. The minimum absolute atomic E-state index is 0.386. The molecule has 0 saturated carbocycles. The van der Waals surface area contributed by atoms with Crippen LogP contribution in [0.15, 0.2) is 47.1 Å². The van der Waals surface area contributed by atoms with Crippen LogP contribution < -0.4 is 0 Å². The first-order valence-corrected chi connectivity index (χ1v) is 7.57. The van der Waals surface area contributed by atoms with Gasteiger partial charge in [0.15, 0.2) is 0 Å². The minimum Gasteiger partial charge on any atom is -0.381 e. The molecule has 20 heavy (non-hydrogen) atoms. The third-order valence-electron chi connectivity index (χ3n) is 4.27. The molecule has 2 nitrogen and oxygen atoms in total. The highest BCUT2D eigenvalue weighted by Crippen LogP contribution is 2.40. The Hall–Kier alpha value is -1.12. The Morgan fingerprint density at radius 1 is 1.20 bits per heavy atom. The first kappa shape index (κ1) is 15.3. The van der Waals surface area contributed by atoms with E-state index in [1.165, 1.54) is 36.0 Å². The lowest BCUT2D eigenvalue weighted by molar-refractivity contribution is -0.0134. The van der Waals surface area contributed by atoms with Crippen molar-refractivity contribution >= 4 is 0 Å². The summed E-state index contributed by atoms with van der Waals surface area (Å²) in [7, 11) is 3.54. The summed E-state index contributed by atoms with van der Waals surface area (Å²) in [4.78, 5) is 0. The van der Waals surface area contributed by atoms with Gasteiger partial charge in [-0.05, 0) is 36.8 Å². The standard InChI is InChI=1S/C18H26O2/c1-4-5-8-15-11-12-17(13-15)18(20-3,14-19-2)16-9-6-7-10-16/h6-7,9,11,13H,4-5,8,10,12,14H2,1-3H3. The van der Waals surface area contributed by atoms with Crippen LogP contribution in [0.3, 0.4) is 0 Å². The number of hydrogen-bond donors (Lipinski definition) is 0. The quantitative estimate of drug-likeness (QED) is 0.655. The average molecular weight is 274 g/mol. The van der Waals surface area contributed by atoms with Crippen LogP contribution in [0.25, 0.3) is 0 Å². The Labute approximate surface area is 122 Å². The Kier molecular flexibility index (Phi) is 5.38. The van der Waals surface area contributed by atoms with Crippen molar-refractivity contribution in [3.63, 3.8) is 0 Å². The molecular formula is C18H26O2. The third-order valence-corrected chi connectivity index (χ3v) is 4.27. The van der Waals surface area contributed by atoms with E-state index < -0.39 is 0 Å². The van der Waals surface area contributed by atoms with Gasteiger partial charge in [0.2, 0.25) is 0 Å². The smallest absolute Gasteiger partial charge is 0.134 e. The maximum Gasteiger partial charge on any atom is 0.134 e. The second-order valence-corrected chi connectivity index (χ2v) is 5.54. The van der Waals surface area contributed by atoms with Gasteiger partial charge in [0.25, 0.3) is 0 Å². The molecule has 0 aliphatic heterocycles. The summed E-state index contributed by atoms with van der Waals surface area (Å²) < 4.78 is 11.4. The molecule has 0 heterocycles. The van der Waals surface area contributed by atoms with Gasteiger partial charge in [0, 0.05) is 14.2 Å². The molecule has 2 heteroatoms. The molecule has 0 spiro atoms. The van der Waals surface area contributed by atoms with Crippen LogP contribution in [-0.2, 0) is 9.47 Å². The molecule has 0 saturated heterocycles. The highest BCUT2D eigenvalue weighted by Gasteiger charge is 2.39. The molecule has 0 N–H and O–H groups in total. The molecule has 0 aromatic rings. The van der Waals surface area contributed by atoms with Gasteiger partial charge in [-0.15, -0.1) is 0 Å². The molecule has 0 radical (unpaired) electrons. The molecule has 2 rings (SSSR count). The molecule has 110 valence electrons. The van der Waals surface area contributed by atoms with Crippen LogP contribution in [0, 0.1) is 0 Å². The largest absolute Gasteiger partial charge is 0.381 e. The maximum atomic E-state index is 5.96. The van der Waals surface area contributed by atoms with Crippen LogP contribution in [0.1, 0.15) is 39.0 Å². The summed E-state index contributed by atoms with van der Waals surface area (Å²) in [6.45, 7) is 2.82. The lowest BCUT2D eigenvalue weighted by Gasteiger charge is -2.35. The molecule has 0 aromatic carbocycles. The highest BCUT2D eigenvalue weighted by atomic mass is 16.5. The van der Waals surface area contributed by atoms with Crippen LogP contribution in [0.5, 0.6) is 0 Å². The molecule has 0 aromatic heterocycles. The van der Waals surface area contributed by atoms with Crippen LogP contribution >= 0.6 is 0 Å². The summed E-state index contributed by atoms with van der Waals surface area (Å²) >= 11 is 0. The summed E-state index contributed by atoms with van der Waals surface area (Å²) in [5.41, 5.74) is 3.70. The monoisotopic (exact) mass is 274 g/mol. The zero-order valence-electron chi connectivity index (χ0n) is 12.9. The SMILES string of the molecule is CCCCC1=CCC(C(COC)(OC)C2=CC=CC2)=C1. The summed E-state index contributed by atoms with van der Waals surface area (Å²) in [5.74, 6) is 0. The van der Waals surface area contributed by atoms with Gasteiger partial charge in [0.05, 0.1) is 6.61 Å². The van der Waals surface area contributed by atoms with E-state index in [4.69, 9.17) is 9.47 Å². The van der Waals surface area contributed by atoms with E-state index in [-0.39, 0.29) is 5.60 Å². The Morgan fingerprint density at radius 2 is 2.05 bits per heavy atom. The zero-order valence-corrected chi connectivity index (χ0v) is 12.9. The normalized spacial score (nSPS) is 20.6. The van der Waals surface area contributed by atoms with E-state index in [1.807, 2.05) is 0 Å². The van der Waals surface area contributed by atoms with Gasteiger partial charge >= 0.3 is 0 Å². The van der Waals surface area contributed by atoms with E-state index in [0.29, 0.717) is 6.61 Å². The molecule has 0 fully saturated rings. The lowest BCUT2D eigenvalue weighted by Crippen LogP contribution is -2.40. The van der Waals surface area contributed by atoms with Gasteiger partial charge in [0.1, 0.15) is 5.60 Å². The van der Waals surface area contributed by atoms with Gasteiger partial charge in [-0.1, -0.05) is 49.3 Å². The summed E-state index contributed by atoms with van der Waals surface area (Å²) in [6.07, 6.45) is 16.7. The van der Waals surface area contributed by atoms with Crippen LogP contribution in [-0.4, -0.2) is 26.4 Å². The zero-order chi connectivity index (χ0) is 14.4. The molecule has 1 atom stereocenters. The van der Waals surface area contributed by atoms with Gasteiger partial charge < -0.3 is 9.47 Å². The van der Waals surface area contributed by atoms with Gasteiger partial charge in [-0.3, -0.25) is 0 Å². The molecule has 0 amide bonds. The predicted molar refractivity (Wildman–Crippen MR) is 83.8 cm³/mol. The second-order valence-electron chi connectivity index (χ2n) is 5.54. The van der Waals surface area contributed by atoms with Crippen molar-refractivity contribution in [1.29, 1.82) is 0 Å². The summed E-state index contributed by atoms with van der Waals surface area (Å²) in [5, 5.41) is 0.